The number of allylic oxidation sites excluding steroid dienone is 1. The number of amides is 3. The number of aliphatic hydroxyl groups excluding tert-OH is 1. The van der Waals surface area contributed by atoms with E-state index in [2.05, 4.69) is 5.32 Å². The summed E-state index contributed by atoms with van der Waals surface area (Å²) < 4.78 is 12.1. The molecular weight excluding hydrogens is 580 g/mol. The maximum Gasteiger partial charge on any atom is 0.290 e. The van der Waals surface area contributed by atoms with Crippen molar-refractivity contribution in [3.05, 3.63) is 141 Å². The monoisotopic (exact) mass is 608 g/mol. The first-order chi connectivity index (χ1) is 21.3. The lowest BCUT2D eigenvalue weighted by Crippen LogP contribution is -2.30. The van der Waals surface area contributed by atoms with E-state index in [-0.39, 0.29) is 30.5 Å². The standard InChI is InChI=1S/C35H29ClN2O6/c1-21-15-27(12-14-30(21)38-34(41)28-13-11-26(36)18-29(28)35(38)42)37-33(40)31-16-25(24-5-3-2-4-6-24)17-32(44-31)43-20-23-9-7-22(19-39)8-10-23/h2-16,18,25,32,39H,17,19-20H2,1H3,(H,37,40)/t25-,32+/m0/s1. The zero-order valence-corrected chi connectivity index (χ0v) is 24.6. The number of hydrogen-bond donors (Lipinski definition) is 2. The van der Waals surface area contributed by atoms with Crippen molar-refractivity contribution in [1.29, 1.82) is 0 Å². The number of nitrogens with one attached hydrogen (secondary N) is 1. The second kappa shape index (κ2) is 12.5. The topological polar surface area (TPSA) is 105 Å². The van der Waals surface area contributed by atoms with E-state index in [0.29, 0.717) is 33.9 Å². The predicted molar refractivity (Wildman–Crippen MR) is 166 cm³/mol. The summed E-state index contributed by atoms with van der Waals surface area (Å²) >= 11 is 6.05. The Labute approximate surface area is 259 Å². The Kier molecular flexibility index (Phi) is 8.30. The smallest absolute Gasteiger partial charge is 0.290 e. The first kappa shape index (κ1) is 29.3. The number of carbonyl (C=O) groups excluding carboxylic acids is 3. The fourth-order valence-corrected chi connectivity index (χ4v) is 5.56. The first-order valence-electron chi connectivity index (χ1n) is 14.1. The Bertz CT molecular complexity index is 1770. The normalized spacial score (nSPS) is 17.6. The van der Waals surface area contributed by atoms with Crippen LogP contribution in [0.15, 0.2) is 103 Å². The van der Waals surface area contributed by atoms with Gasteiger partial charge in [-0.1, -0.05) is 66.2 Å². The highest BCUT2D eigenvalue weighted by atomic mass is 35.5. The Hall–Kier alpha value is -4.76. The highest BCUT2D eigenvalue weighted by Crippen LogP contribution is 2.35. The summed E-state index contributed by atoms with van der Waals surface area (Å²) in [5.41, 5.74) is 4.83. The lowest BCUT2D eigenvalue weighted by Gasteiger charge is -2.29. The molecule has 0 saturated heterocycles. The average molecular weight is 609 g/mol. The molecule has 222 valence electrons. The summed E-state index contributed by atoms with van der Waals surface area (Å²) in [7, 11) is 0. The van der Waals surface area contributed by atoms with Gasteiger partial charge in [-0.25, -0.2) is 4.90 Å². The molecule has 8 nitrogen and oxygen atoms in total. The first-order valence-corrected chi connectivity index (χ1v) is 14.5. The average Bonchev–Trinajstić information content (AvgIpc) is 3.28. The molecule has 2 N–H and O–H groups in total. The van der Waals surface area contributed by atoms with Gasteiger partial charge in [-0.2, -0.15) is 0 Å². The lowest BCUT2D eigenvalue weighted by molar-refractivity contribution is -0.147. The van der Waals surface area contributed by atoms with Gasteiger partial charge >= 0.3 is 0 Å². The Balaban J connectivity index is 1.18. The van der Waals surface area contributed by atoms with Crippen LogP contribution in [0.3, 0.4) is 0 Å². The lowest BCUT2D eigenvalue weighted by atomic mass is 9.93. The highest BCUT2D eigenvalue weighted by Gasteiger charge is 2.37. The van der Waals surface area contributed by atoms with Gasteiger partial charge in [0.05, 0.1) is 30.0 Å². The van der Waals surface area contributed by atoms with Crippen LogP contribution in [0.4, 0.5) is 11.4 Å². The molecular formula is C35H29ClN2O6. The van der Waals surface area contributed by atoms with E-state index in [1.54, 1.807) is 43.3 Å². The van der Waals surface area contributed by atoms with Crippen molar-refractivity contribution in [2.75, 3.05) is 10.2 Å². The van der Waals surface area contributed by atoms with Crippen LogP contribution in [-0.2, 0) is 27.5 Å². The molecule has 0 unspecified atom stereocenters. The molecule has 2 aliphatic rings. The van der Waals surface area contributed by atoms with Crippen molar-refractivity contribution in [2.45, 2.75) is 38.8 Å². The zero-order valence-electron chi connectivity index (χ0n) is 23.8. The minimum atomic E-state index is -0.671. The fraction of sp³-hybridized carbons (Fsp3) is 0.171. The molecule has 9 heteroatoms. The number of carbonyl (C=O) groups is 3. The van der Waals surface area contributed by atoms with Gasteiger partial charge in [0.1, 0.15) is 0 Å². The van der Waals surface area contributed by atoms with Gasteiger partial charge in [0.15, 0.2) is 5.76 Å². The Morgan fingerprint density at radius 1 is 0.955 bits per heavy atom. The highest BCUT2D eigenvalue weighted by molar-refractivity contribution is 6.37. The number of rotatable bonds is 8. The SMILES string of the molecule is Cc1cc(NC(=O)C2=C[C@H](c3ccccc3)C[C@H](OCc3ccc(CO)cc3)O2)ccc1N1C(=O)c2ccc(Cl)cc2C1=O. The molecule has 2 heterocycles. The summed E-state index contributed by atoms with van der Waals surface area (Å²) in [6, 6.07) is 26.9. The second-order valence-electron chi connectivity index (χ2n) is 10.7. The quantitative estimate of drug-likeness (QED) is 0.221. The van der Waals surface area contributed by atoms with Crippen LogP contribution in [0.25, 0.3) is 0 Å². The number of imide groups is 1. The van der Waals surface area contributed by atoms with E-state index in [1.807, 2.05) is 54.6 Å². The van der Waals surface area contributed by atoms with Crippen LogP contribution in [0.1, 0.15) is 55.3 Å². The third-order valence-electron chi connectivity index (χ3n) is 7.69. The van der Waals surface area contributed by atoms with Crippen molar-refractivity contribution < 1.29 is 29.0 Å². The molecule has 0 aromatic heterocycles. The molecule has 6 rings (SSSR count). The maximum atomic E-state index is 13.5. The molecule has 0 fully saturated rings. The number of aryl methyl sites for hydroxylation is 1. The van der Waals surface area contributed by atoms with Crippen LogP contribution >= 0.6 is 11.6 Å². The number of anilines is 2. The third kappa shape index (κ3) is 6.01. The van der Waals surface area contributed by atoms with Gasteiger partial charge in [0.2, 0.25) is 6.29 Å². The summed E-state index contributed by atoms with van der Waals surface area (Å²) in [6.07, 6.45) is 1.65. The van der Waals surface area contributed by atoms with Crippen molar-refractivity contribution in [3.8, 4) is 0 Å². The number of benzene rings is 4. The van der Waals surface area contributed by atoms with E-state index >= 15 is 0 Å². The molecule has 4 aromatic carbocycles. The molecule has 2 atom stereocenters. The summed E-state index contributed by atoms with van der Waals surface area (Å²) in [6.45, 7) is 2.01. The van der Waals surface area contributed by atoms with E-state index in [9.17, 15) is 19.5 Å². The number of aliphatic hydroxyl groups is 1. The van der Waals surface area contributed by atoms with Crippen LogP contribution < -0.4 is 10.2 Å². The number of hydrogen-bond acceptors (Lipinski definition) is 6. The molecule has 0 saturated carbocycles. The molecule has 4 aromatic rings. The molecule has 0 spiro atoms. The van der Waals surface area contributed by atoms with Crippen molar-refractivity contribution in [1.82, 2.24) is 0 Å². The zero-order chi connectivity index (χ0) is 30.8. The van der Waals surface area contributed by atoms with Gasteiger partial charge in [0.25, 0.3) is 17.7 Å². The van der Waals surface area contributed by atoms with E-state index in [4.69, 9.17) is 21.1 Å². The minimum absolute atomic E-state index is 0.0325. The summed E-state index contributed by atoms with van der Waals surface area (Å²) in [4.78, 5) is 40.7. The Morgan fingerprint density at radius 3 is 2.41 bits per heavy atom. The van der Waals surface area contributed by atoms with Crippen LogP contribution in [-0.4, -0.2) is 29.1 Å². The molecule has 3 amide bonds. The number of nitrogens with zero attached hydrogens (tertiary/aromatic N) is 1. The van der Waals surface area contributed by atoms with Crippen molar-refractivity contribution in [3.63, 3.8) is 0 Å². The summed E-state index contributed by atoms with van der Waals surface area (Å²) in [5.74, 6) is -1.31. The molecule has 0 bridgehead atoms. The van der Waals surface area contributed by atoms with E-state index in [1.165, 1.54) is 6.07 Å². The fourth-order valence-electron chi connectivity index (χ4n) is 5.39. The van der Waals surface area contributed by atoms with Gasteiger partial charge in [-0.05, 0) is 71.7 Å². The van der Waals surface area contributed by atoms with E-state index in [0.717, 1.165) is 21.6 Å². The Morgan fingerprint density at radius 2 is 1.68 bits per heavy atom. The molecule has 0 radical (unpaired) electrons. The van der Waals surface area contributed by atoms with Gasteiger partial charge < -0.3 is 19.9 Å². The molecule has 0 aliphatic carbocycles. The van der Waals surface area contributed by atoms with Gasteiger partial charge in [-0.3, -0.25) is 14.4 Å². The van der Waals surface area contributed by atoms with Gasteiger partial charge in [0, 0.05) is 23.0 Å². The van der Waals surface area contributed by atoms with Crippen LogP contribution in [0.2, 0.25) is 5.02 Å². The van der Waals surface area contributed by atoms with Crippen LogP contribution in [0, 0.1) is 6.92 Å². The van der Waals surface area contributed by atoms with Crippen molar-refractivity contribution in [2.24, 2.45) is 0 Å². The molecule has 2 aliphatic heterocycles. The maximum absolute atomic E-state index is 13.5. The minimum Gasteiger partial charge on any atom is -0.459 e. The largest absolute Gasteiger partial charge is 0.459 e. The van der Waals surface area contributed by atoms with E-state index < -0.39 is 24.0 Å². The van der Waals surface area contributed by atoms with Gasteiger partial charge in [-0.15, -0.1) is 0 Å². The number of halogens is 1. The molecule has 44 heavy (non-hydrogen) atoms. The number of fused-ring (bicyclic) bond motifs is 1. The second-order valence-corrected chi connectivity index (χ2v) is 11.1. The van der Waals surface area contributed by atoms with Crippen LogP contribution in [0.5, 0.6) is 0 Å². The third-order valence-corrected chi connectivity index (χ3v) is 7.93. The van der Waals surface area contributed by atoms with Crippen molar-refractivity contribution >= 4 is 40.7 Å². The summed E-state index contributed by atoms with van der Waals surface area (Å²) in [5, 5.41) is 12.6. The number of ether oxygens (including phenoxy) is 2. The predicted octanol–water partition coefficient (Wildman–Crippen LogP) is 6.51.